The van der Waals surface area contributed by atoms with Crippen LogP contribution in [0.1, 0.15) is 35.8 Å². The number of esters is 1. The first-order valence-electron chi connectivity index (χ1n) is 6.30. The molecule has 1 atom stereocenters. The molecule has 0 spiro atoms. The van der Waals surface area contributed by atoms with E-state index in [4.69, 9.17) is 10.5 Å². The lowest BCUT2D eigenvalue weighted by molar-refractivity contribution is 0.0526. The summed E-state index contributed by atoms with van der Waals surface area (Å²) in [6, 6.07) is 5.72. The van der Waals surface area contributed by atoms with E-state index in [-0.39, 0.29) is 12.0 Å². The maximum atomic E-state index is 11.6. The van der Waals surface area contributed by atoms with Gasteiger partial charge in [0.2, 0.25) is 0 Å². The molecule has 0 radical (unpaired) electrons. The van der Waals surface area contributed by atoms with Crippen LogP contribution in [0.5, 0.6) is 0 Å². The summed E-state index contributed by atoms with van der Waals surface area (Å²) in [5, 5.41) is 4.17. The Bertz CT molecular complexity index is 623. The second-order valence-electron chi connectivity index (χ2n) is 4.39. The van der Waals surface area contributed by atoms with E-state index in [9.17, 15) is 4.79 Å². The van der Waals surface area contributed by atoms with Gasteiger partial charge in [-0.2, -0.15) is 5.10 Å². The molecule has 20 heavy (non-hydrogen) atoms. The van der Waals surface area contributed by atoms with Crippen molar-refractivity contribution in [2.45, 2.75) is 19.9 Å². The van der Waals surface area contributed by atoms with Gasteiger partial charge >= 0.3 is 5.97 Å². The van der Waals surface area contributed by atoms with Crippen LogP contribution in [0.4, 0.5) is 0 Å². The number of nitrogens with two attached hydrogens (primary N) is 1. The van der Waals surface area contributed by atoms with Gasteiger partial charge in [-0.25, -0.2) is 9.48 Å². The van der Waals surface area contributed by atoms with E-state index in [2.05, 4.69) is 21.0 Å². The third kappa shape index (κ3) is 3.08. The number of hydrogen-bond acceptors (Lipinski definition) is 4. The molecule has 1 heterocycles. The molecule has 0 saturated heterocycles. The number of ether oxygens (including phenoxy) is 1. The van der Waals surface area contributed by atoms with E-state index in [1.165, 1.54) is 6.20 Å². The lowest BCUT2D eigenvalue weighted by Gasteiger charge is -2.10. The van der Waals surface area contributed by atoms with E-state index < -0.39 is 0 Å². The predicted octanol–water partition coefficient (Wildman–Crippen LogP) is 2.83. The third-order valence-electron chi connectivity index (χ3n) is 2.83. The van der Waals surface area contributed by atoms with Gasteiger partial charge in [-0.1, -0.05) is 22.0 Å². The highest BCUT2D eigenvalue weighted by Gasteiger charge is 2.11. The zero-order chi connectivity index (χ0) is 14.7. The first-order chi connectivity index (χ1) is 9.52. The second kappa shape index (κ2) is 6.19. The molecular formula is C14H16BrN3O2. The smallest absolute Gasteiger partial charge is 0.341 e. The van der Waals surface area contributed by atoms with E-state index in [1.54, 1.807) is 17.8 Å². The number of aromatic nitrogens is 2. The standard InChI is InChI=1S/C14H16BrN3O2/c1-3-20-14(19)10-7-17-18(8-10)11-4-5-12(9(2)16)13(15)6-11/h4-9H,3,16H2,1-2H3/t9-/m1/s1. The predicted molar refractivity (Wildman–Crippen MR) is 79.8 cm³/mol. The topological polar surface area (TPSA) is 70.1 Å². The summed E-state index contributed by atoms with van der Waals surface area (Å²) < 4.78 is 7.48. The monoisotopic (exact) mass is 337 g/mol. The highest BCUT2D eigenvalue weighted by molar-refractivity contribution is 9.10. The van der Waals surface area contributed by atoms with Gasteiger partial charge in [-0.15, -0.1) is 0 Å². The minimum atomic E-state index is -0.370. The molecule has 0 bridgehead atoms. The maximum Gasteiger partial charge on any atom is 0.341 e. The molecule has 1 aromatic heterocycles. The highest BCUT2D eigenvalue weighted by atomic mass is 79.9. The summed E-state index contributed by atoms with van der Waals surface area (Å²) in [6.45, 7) is 4.04. The number of benzene rings is 1. The molecule has 106 valence electrons. The van der Waals surface area contributed by atoms with Gasteiger partial charge in [0.05, 0.1) is 24.1 Å². The summed E-state index contributed by atoms with van der Waals surface area (Å²) in [5.41, 5.74) is 8.16. The van der Waals surface area contributed by atoms with E-state index in [1.807, 2.05) is 25.1 Å². The Hall–Kier alpha value is -1.66. The minimum absolute atomic E-state index is 0.0499. The molecule has 2 N–H and O–H groups in total. The summed E-state index contributed by atoms with van der Waals surface area (Å²) in [7, 11) is 0. The average molecular weight is 338 g/mol. The van der Waals surface area contributed by atoms with Crippen molar-refractivity contribution < 1.29 is 9.53 Å². The Kier molecular flexibility index (Phi) is 4.57. The van der Waals surface area contributed by atoms with Crippen LogP contribution in [0.15, 0.2) is 35.1 Å². The van der Waals surface area contributed by atoms with Crippen LogP contribution in [0, 0.1) is 0 Å². The zero-order valence-corrected chi connectivity index (χ0v) is 12.9. The molecule has 5 nitrogen and oxygen atoms in total. The van der Waals surface area contributed by atoms with E-state index in [0.717, 1.165) is 15.7 Å². The Morgan fingerprint density at radius 2 is 2.30 bits per heavy atom. The number of carbonyl (C=O) groups excluding carboxylic acids is 1. The molecule has 0 aliphatic carbocycles. The van der Waals surface area contributed by atoms with Crippen LogP contribution in [0.2, 0.25) is 0 Å². The molecule has 2 aromatic rings. The van der Waals surface area contributed by atoms with Crippen LogP contribution in [-0.4, -0.2) is 22.4 Å². The molecule has 0 aliphatic rings. The maximum absolute atomic E-state index is 11.6. The van der Waals surface area contributed by atoms with Gasteiger partial charge in [0.25, 0.3) is 0 Å². The number of carbonyl (C=O) groups is 1. The number of rotatable bonds is 4. The quantitative estimate of drug-likeness (QED) is 0.871. The Morgan fingerprint density at radius 1 is 1.55 bits per heavy atom. The van der Waals surface area contributed by atoms with Gasteiger partial charge in [-0.05, 0) is 31.5 Å². The van der Waals surface area contributed by atoms with Crippen LogP contribution >= 0.6 is 15.9 Å². The normalized spacial score (nSPS) is 12.2. The van der Waals surface area contributed by atoms with Gasteiger partial charge in [-0.3, -0.25) is 0 Å². The van der Waals surface area contributed by atoms with Crippen molar-refractivity contribution in [3.63, 3.8) is 0 Å². The molecule has 0 aliphatic heterocycles. The first-order valence-corrected chi connectivity index (χ1v) is 7.09. The molecule has 0 unspecified atom stereocenters. The molecule has 6 heteroatoms. The van der Waals surface area contributed by atoms with Crippen LogP contribution in [0.3, 0.4) is 0 Å². The lowest BCUT2D eigenvalue weighted by Crippen LogP contribution is -2.06. The van der Waals surface area contributed by atoms with Crippen molar-refractivity contribution in [1.82, 2.24) is 9.78 Å². The van der Waals surface area contributed by atoms with Gasteiger partial charge < -0.3 is 10.5 Å². The molecule has 0 amide bonds. The van der Waals surface area contributed by atoms with Crippen molar-refractivity contribution in [3.8, 4) is 5.69 Å². The molecule has 0 saturated carbocycles. The zero-order valence-electron chi connectivity index (χ0n) is 11.3. The molecule has 0 fully saturated rings. The summed E-state index contributed by atoms with van der Waals surface area (Å²) in [5.74, 6) is -0.370. The van der Waals surface area contributed by atoms with Crippen LogP contribution < -0.4 is 5.73 Å². The Morgan fingerprint density at radius 3 is 2.90 bits per heavy atom. The van der Waals surface area contributed by atoms with Gasteiger partial charge in [0.1, 0.15) is 0 Å². The summed E-state index contributed by atoms with van der Waals surface area (Å²) in [4.78, 5) is 11.6. The highest BCUT2D eigenvalue weighted by Crippen LogP contribution is 2.24. The van der Waals surface area contributed by atoms with Crippen molar-refractivity contribution in [2.24, 2.45) is 5.73 Å². The molecular weight excluding hydrogens is 322 g/mol. The fraction of sp³-hybridized carbons (Fsp3) is 0.286. The first kappa shape index (κ1) is 14.7. The Labute approximate surface area is 125 Å². The largest absolute Gasteiger partial charge is 0.462 e. The van der Waals surface area contributed by atoms with Gasteiger partial charge in [0.15, 0.2) is 0 Å². The Balaban J connectivity index is 2.28. The number of halogens is 1. The van der Waals surface area contributed by atoms with E-state index >= 15 is 0 Å². The van der Waals surface area contributed by atoms with Crippen molar-refractivity contribution in [1.29, 1.82) is 0 Å². The van der Waals surface area contributed by atoms with Crippen LogP contribution in [0.25, 0.3) is 5.69 Å². The fourth-order valence-corrected chi connectivity index (χ4v) is 2.54. The van der Waals surface area contributed by atoms with Crippen molar-refractivity contribution >= 4 is 21.9 Å². The third-order valence-corrected chi connectivity index (χ3v) is 3.52. The lowest BCUT2D eigenvalue weighted by atomic mass is 10.1. The number of nitrogens with zero attached hydrogens (tertiary/aromatic N) is 2. The summed E-state index contributed by atoms with van der Waals surface area (Å²) in [6.07, 6.45) is 3.14. The fourth-order valence-electron chi connectivity index (χ4n) is 1.81. The summed E-state index contributed by atoms with van der Waals surface area (Å²) >= 11 is 3.49. The molecule has 1 aromatic carbocycles. The van der Waals surface area contributed by atoms with Crippen molar-refractivity contribution in [2.75, 3.05) is 6.61 Å². The van der Waals surface area contributed by atoms with E-state index in [0.29, 0.717) is 12.2 Å². The average Bonchev–Trinajstić information content (AvgIpc) is 2.88. The van der Waals surface area contributed by atoms with Gasteiger partial charge in [0, 0.05) is 16.7 Å². The van der Waals surface area contributed by atoms with Crippen LogP contribution in [-0.2, 0) is 4.74 Å². The second-order valence-corrected chi connectivity index (χ2v) is 5.24. The minimum Gasteiger partial charge on any atom is -0.462 e. The number of hydrogen-bond donors (Lipinski definition) is 1. The van der Waals surface area contributed by atoms with Crippen molar-refractivity contribution in [3.05, 3.63) is 46.2 Å². The molecule has 2 rings (SSSR count). The SMILES string of the molecule is CCOC(=O)c1cnn(-c2ccc([C@@H](C)N)c(Br)c2)c1.